The monoisotopic (exact) mass is 341 g/mol. The summed E-state index contributed by atoms with van der Waals surface area (Å²) in [5.41, 5.74) is 2.59. The van der Waals surface area contributed by atoms with Gasteiger partial charge in [0.05, 0.1) is 6.04 Å². The summed E-state index contributed by atoms with van der Waals surface area (Å²) < 4.78 is 1.43. The number of carbonyl (C=O) groups is 1. The third-order valence-corrected chi connectivity index (χ3v) is 5.05. The highest BCUT2D eigenvalue weighted by Crippen LogP contribution is 2.33. The molecule has 0 aliphatic heterocycles. The molecule has 1 fully saturated rings. The largest absolute Gasteiger partial charge is 0.347 e. The first-order chi connectivity index (χ1) is 12.1. The van der Waals surface area contributed by atoms with Crippen LogP contribution in [0, 0.1) is 5.92 Å². The van der Waals surface area contributed by atoms with E-state index in [1.807, 2.05) is 0 Å². The highest BCUT2D eigenvalue weighted by atomic mass is 16.2. The minimum Gasteiger partial charge on any atom is -0.347 e. The molecule has 1 N–H and O–H groups in total. The maximum absolute atomic E-state index is 12.3. The van der Waals surface area contributed by atoms with Crippen molar-refractivity contribution in [2.75, 3.05) is 0 Å². The first-order valence-electron chi connectivity index (χ1n) is 9.23. The Morgan fingerprint density at radius 2 is 1.92 bits per heavy atom. The van der Waals surface area contributed by atoms with Crippen LogP contribution >= 0.6 is 0 Å². The lowest BCUT2D eigenvalue weighted by atomic mass is 9.83. The van der Waals surface area contributed by atoms with E-state index in [0.29, 0.717) is 11.8 Å². The number of amides is 1. The summed E-state index contributed by atoms with van der Waals surface area (Å²) in [5, 5.41) is 14.0. The number of carbonyl (C=O) groups excluding carboxylic acids is 1. The van der Waals surface area contributed by atoms with Crippen LogP contribution in [0.2, 0.25) is 0 Å². The second-order valence-electron chi connectivity index (χ2n) is 7.30. The summed E-state index contributed by atoms with van der Waals surface area (Å²) >= 11 is 0. The molecule has 0 radical (unpaired) electrons. The Balaban J connectivity index is 1.66. The van der Waals surface area contributed by atoms with Gasteiger partial charge in [-0.05, 0) is 46.2 Å². The maximum Gasteiger partial charge on any atom is 0.242 e. The van der Waals surface area contributed by atoms with Crippen molar-refractivity contribution in [1.29, 1.82) is 0 Å². The van der Waals surface area contributed by atoms with Crippen LogP contribution in [-0.2, 0) is 11.3 Å². The van der Waals surface area contributed by atoms with Crippen LogP contribution in [0.5, 0.6) is 0 Å². The van der Waals surface area contributed by atoms with Crippen LogP contribution in [0.4, 0.5) is 0 Å². The fourth-order valence-corrected chi connectivity index (χ4v) is 3.67. The van der Waals surface area contributed by atoms with Crippen LogP contribution in [-0.4, -0.2) is 26.1 Å². The lowest BCUT2D eigenvalue weighted by Gasteiger charge is -2.25. The molecule has 1 saturated carbocycles. The smallest absolute Gasteiger partial charge is 0.242 e. The molecule has 1 atom stereocenters. The van der Waals surface area contributed by atoms with E-state index in [4.69, 9.17) is 0 Å². The molecule has 1 aromatic carbocycles. The van der Waals surface area contributed by atoms with E-state index in [0.717, 1.165) is 5.56 Å². The molecule has 0 saturated heterocycles. The van der Waals surface area contributed by atoms with Crippen molar-refractivity contribution in [3.8, 4) is 0 Å². The van der Waals surface area contributed by atoms with Gasteiger partial charge in [-0.15, -0.1) is 5.10 Å². The van der Waals surface area contributed by atoms with E-state index in [-0.39, 0.29) is 18.5 Å². The van der Waals surface area contributed by atoms with Gasteiger partial charge in [0.15, 0.2) is 0 Å². The molecule has 3 rings (SSSR count). The van der Waals surface area contributed by atoms with Crippen LogP contribution in [0.3, 0.4) is 0 Å². The number of tetrazole rings is 1. The van der Waals surface area contributed by atoms with Gasteiger partial charge in [0.2, 0.25) is 5.91 Å². The fourth-order valence-electron chi connectivity index (χ4n) is 3.67. The van der Waals surface area contributed by atoms with Gasteiger partial charge in [-0.2, -0.15) is 0 Å². The van der Waals surface area contributed by atoms with Gasteiger partial charge in [0.1, 0.15) is 12.9 Å². The average Bonchev–Trinajstić information content (AvgIpc) is 3.13. The molecule has 1 unspecified atom stereocenters. The van der Waals surface area contributed by atoms with Gasteiger partial charge in [-0.3, -0.25) is 4.79 Å². The molecule has 1 aromatic heterocycles. The summed E-state index contributed by atoms with van der Waals surface area (Å²) in [4.78, 5) is 12.3. The van der Waals surface area contributed by atoms with Gasteiger partial charge >= 0.3 is 0 Å². The van der Waals surface area contributed by atoms with E-state index in [1.165, 1.54) is 48.7 Å². The van der Waals surface area contributed by atoms with Gasteiger partial charge in [-0.25, -0.2) is 4.68 Å². The van der Waals surface area contributed by atoms with Crippen LogP contribution < -0.4 is 5.32 Å². The highest BCUT2D eigenvalue weighted by molar-refractivity contribution is 5.76. The topological polar surface area (TPSA) is 72.7 Å². The van der Waals surface area contributed by atoms with Gasteiger partial charge in [0.25, 0.3) is 0 Å². The molecule has 1 heterocycles. The Morgan fingerprint density at radius 1 is 1.20 bits per heavy atom. The number of benzene rings is 1. The molecule has 1 amide bonds. The van der Waals surface area contributed by atoms with Crippen molar-refractivity contribution in [3.05, 3.63) is 41.7 Å². The Bertz CT molecular complexity index is 660. The number of rotatable bonds is 6. The van der Waals surface area contributed by atoms with Crippen molar-refractivity contribution in [2.24, 2.45) is 5.92 Å². The van der Waals surface area contributed by atoms with Crippen LogP contribution in [0.25, 0.3) is 0 Å². The molecule has 134 valence electrons. The summed E-state index contributed by atoms with van der Waals surface area (Å²) in [7, 11) is 0. The summed E-state index contributed by atoms with van der Waals surface area (Å²) in [6, 6.07) is 8.82. The standard InChI is InChI=1S/C19H27N5O/c1-14(2)19(21-18(25)12-24-13-20-22-23-24)17-10-8-16(9-11-17)15-6-4-3-5-7-15/h8-11,13-15,19H,3-7,12H2,1-2H3,(H,21,25). The Kier molecular flexibility index (Phi) is 5.79. The molecule has 6 nitrogen and oxygen atoms in total. The number of aromatic nitrogens is 4. The average molecular weight is 341 g/mol. The predicted octanol–water partition coefficient (Wildman–Crippen LogP) is 3.23. The summed E-state index contributed by atoms with van der Waals surface area (Å²) in [6.07, 6.45) is 8.11. The third kappa shape index (κ3) is 4.65. The fraction of sp³-hybridized carbons (Fsp3) is 0.579. The molecule has 0 bridgehead atoms. The van der Waals surface area contributed by atoms with Gasteiger partial charge in [0, 0.05) is 0 Å². The van der Waals surface area contributed by atoms with E-state index < -0.39 is 0 Å². The lowest BCUT2D eigenvalue weighted by Crippen LogP contribution is -2.34. The predicted molar refractivity (Wildman–Crippen MR) is 95.8 cm³/mol. The van der Waals surface area contributed by atoms with Crippen molar-refractivity contribution in [1.82, 2.24) is 25.5 Å². The van der Waals surface area contributed by atoms with Gasteiger partial charge < -0.3 is 5.32 Å². The zero-order valence-electron chi connectivity index (χ0n) is 15.1. The number of hydrogen-bond donors (Lipinski definition) is 1. The zero-order chi connectivity index (χ0) is 17.6. The normalized spacial score (nSPS) is 16.8. The van der Waals surface area contributed by atoms with Gasteiger partial charge in [-0.1, -0.05) is 57.4 Å². The molecule has 25 heavy (non-hydrogen) atoms. The lowest BCUT2D eigenvalue weighted by molar-refractivity contribution is -0.123. The summed E-state index contributed by atoms with van der Waals surface area (Å²) in [6.45, 7) is 4.38. The van der Waals surface area contributed by atoms with Crippen LogP contribution in [0.15, 0.2) is 30.6 Å². The van der Waals surface area contributed by atoms with Crippen molar-refractivity contribution >= 4 is 5.91 Å². The second-order valence-corrected chi connectivity index (χ2v) is 7.30. The Labute approximate surface area is 149 Å². The number of nitrogens with one attached hydrogen (secondary N) is 1. The minimum absolute atomic E-state index is 0.00983. The van der Waals surface area contributed by atoms with E-state index in [9.17, 15) is 4.79 Å². The van der Waals surface area contributed by atoms with Crippen LogP contribution in [0.1, 0.15) is 69.0 Å². The molecular formula is C19H27N5O. The highest BCUT2D eigenvalue weighted by Gasteiger charge is 2.20. The van der Waals surface area contributed by atoms with E-state index in [1.54, 1.807) is 0 Å². The minimum atomic E-state index is -0.0812. The molecule has 1 aliphatic carbocycles. The summed E-state index contributed by atoms with van der Waals surface area (Å²) in [5.74, 6) is 0.926. The first kappa shape index (κ1) is 17.6. The molecular weight excluding hydrogens is 314 g/mol. The van der Waals surface area contributed by atoms with Crippen molar-refractivity contribution in [2.45, 2.75) is 64.5 Å². The third-order valence-electron chi connectivity index (χ3n) is 5.05. The maximum atomic E-state index is 12.3. The van der Waals surface area contributed by atoms with E-state index >= 15 is 0 Å². The number of hydrogen-bond acceptors (Lipinski definition) is 4. The molecule has 2 aromatic rings. The van der Waals surface area contributed by atoms with Crippen molar-refractivity contribution < 1.29 is 4.79 Å². The quantitative estimate of drug-likeness (QED) is 0.875. The molecule has 0 spiro atoms. The Hall–Kier alpha value is -2.24. The number of nitrogens with zero attached hydrogens (tertiary/aromatic N) is 4. The zero-order valence-corrected chi connectivity index (χ0v) is 15.1. The SMILES string of the molecule is CC(C)C(NC(=O)Cn1cnnn1)c1ccc(C2CCCCC2)cc1. The van der Waals surface area contributed by atoms with E-state index in [2.05, 4.69) is 59.0 Å². The molecule has 1 aliphatic rings. The molecule has 6 heteroatoms. The Morgan fingerprint density at radius 3 is 2.52 bits per heavy atom. The second kappa shape index (κ2) is 8.23. The van der Waals surface area contributed by atoms with Crippen molar-refractivity contribution in [3.63, 3.8) is 0 Å². The first-order valence-corrected chi connectivity index (χ1v) is 9.23.